The molecular formula is C27H27NO10S. The number of aryl methyl sites for hydroxylation is 2. The van der Waals surface area contributed by atoms with E-state index < -0.39 is 38.4 Å². The van der Waals surface area contributed by atoms with Gasteiger partial charge in [0, 0.05) is 31.0 Å². The number of sulfone groups is 1. The van der Waals surface area contributed by atoms with E-state index in [9.17, 15) is 22.8 Å². The second-order valence-corrected chi connectivity index (χ2v) is 10.6. The van der Waals surface area contributed by atoms with E-state index in [1.165, 1.54) is 44.0 Å². The van der Waals surface area contributed by atoms with Gasteiger partial charge in [0.1, 0.15) is 22.9 Å². The van der Waals surface area contributed by atoms with Crippen LogP contribution in [0.5, 0.6) is 5.75 Å². The number of nitrogens with zero attached hydrogens (tertiary/aromatic N) is 1. The van der Waals surface area contributed by atoms with Crippen LogP contribution in [0.15, 0.2) is 44.7 Å². The lowest BCUT2D eigenvalue weighted by molar-refractivity contribution is -0.132. The van der Waals surface area contributed by atoms with E-state index >= 15 is 0 Å². The Kier molecular flexibility index (Phi) is 7.53. The molecule has 0 aliphatic heterocycles. The first-order chi connectivity index (χ1) is 18.5. The number of carbonyl (C=O) groups excluding carboxylic acids is 3. The molecule has 0 fully saturated rings. The first-order valence-corrected chi connectivity index (χ1v) is 13.3. The Morgan fingerprint density at radius 2 is 1.67 bits per heavy atom. The average Bonchev–Trinajstić information content (AvgIpc) is 3.41. The Hall–Kier alpha value is -4.16. The summed E-state index contributed by atoms with van der Waals surface area (Å²) >= 11 is 0. The topological polar surface area (TPSA) is 140 Å². The third kappa shape index (κ3) is 4.66. The second kappa shape index (κ2) is 10.5. The number of furan rings is 1. The largest absolute Gasteiger partial charge is 0.465 e. The minimum Gasteiger partial charge on any atom is -0.465 e. The maximum absolute atomic E-state index is 14.2. The van der Waals surface area contributed by atoms with Crippen LogP contribution in [0.2, 0.25) is 0 Å². The summed E-state index contributed by atoms with van der Waals surface area (Å²) < 4.78 is 56.8. The van der Waals surface area contributed by atoms with Gasteiger partial charge in [-0.3, -0.25) is 4.79 Å². The van der Waals surface area contributed by atoms with Crippen molar-refractivity contribution in [2.24, 2.45) is 0 Å². The Morgan fingerprint density at radius 3 is 2.23 bits per heavy atom. The summed E-state index contributed by atoms with van der Waals surface area (Å²) in [6.07, 6.45) is 1.35. The number of hydrogen-bond acceptors (Lipinski definition) is 10. The van der Waals surface area contributed by atoms with Gasteiger partial charge >= 0.3 is 17.9 Å². The SMILES string of the molecule is CCOC(=O)c1c(C)oc2c(OC(C)=O)c(S(=O)(=O)c3ccc(C)cc3)c3c(c(C(=O)OC)cn3COC)c12. The fourth-order valence-corrected chi connectivity index (χ4v) is 6.06. The molecule has 0 aliphatic rings. The monoisotopic (exact) mass is 557 g/mol. The molecule has 2 heterocycles. The lowest BCUT2D eigenvalue weighted by Gasteiger charge is -2.15. The minimum atomic E-state index is -4.43. The van der Waals surface area contributed by atoms with Crippen LogP contribution in [0.3, 0.4) is 0 Å². The predicted octanol–water partition coefficient (Wildman–Crippen LogP) is 4.33. The lowest BCUT2D eigenvalue weighted by Crippen LogP contribution is -2.12. The Bertz CT molecular complexity index is 1730. The molecule has 12 heteroatoms. The highest BCUT2D eigenvalue weighted by atomic mass is 32.2. The van der Waals surface area contributed by atoms with Crippen molar-refractivity contribution < 1.29 is 46.2 Å². The lowest BCUT2D eigenvalue weighted by atomic mass is 10.0. The molecule has 0 aliphatic carbocycles. The summed E-state index contributed by atoms with van der Waals surface area (Å²) in [7, 11) is -1.87. The summed E-state index contributed by atoms with van der Waals surface area (Å²) in [5.41, 5.74) is 0.448. The van der Waals surface area contributed by atoms with E-state index in [1.54, 1.807) is 26.0 Å². The van der Waals surface area contributed by atoms with Crippen molar-refractivity contribution in [3.63, 3.8) is 0 Å². The van der Waals surface area contributed by atoms with Crippen molar-refractivity contribution in [3.8, 4) is 5.75 Å². The zero-order valence-corrected chi connectivity index (χ0v) is 23.1. The van der Waals surface area contributed by atoms with E-state index in [2.05, 4.69) is 0 Å². The first-order valence-electron chi connectivity index (χ1n) is 11.8. The molecule has 206 valence electrons. The number of fused-ring (bicyclic) bond motifs is 3. The third-order valence-corrected chi connectivity index (χ3v) is 7.85. The maximum atomic E-state index is 14.2. The highest BCUT2D eigenvalue weighted by Crippen LogP contribution is 2.48. The second-order valence-electron chi connectivity index (χ2n) is 8.67. The van der Waals surface area contributed by atoms with Crippen molar-refractivity contribution in [1.29, 1.82) is 0 Å². The molecule has 2 aromatic carbocycles. The summed E-state index contributed by atoms with van der Waals surface area (Å²) in [5, 5.41) is 0.0747. The predicted molar refractivity (Wildman–Crippen MR) is 139 cm³/mol. The van der Waals surface area contributed by atoms with Crippen LogP contribution in [-0.4, -0.2) is 51.7 Å². The highest BCUT2D eigenvalue weighted by Gasteiger charge is 2.37. The molecule has 4 aromatic rings. The fourth-order valence-electron chi connectivity index (χ4n) is 4.48. The van der Waals surface area contributed by atoms with Crippen LogP contribution in [0.4, 0.5) is 0 Å². The molecule has 0 bridgehead atoms. The molecular weight excluding hydrogens is 530 g/mol. The van der Waals surface area contributed by atoms with Gasteiger partial charge in [-0.05, 0) is 32.9 Å². The normalized spacial score (nSPS) is 11.6. The fraction of sp³-hybridized carbons (Fsp3) is 0.296. The van der Waals surface area contributed by atoms with Crippen molar-refractivity contribution in [1.82, 2.24) is 4.57 Å². The number of aromatic nitrogens is 1. The summed E-state index contributed by atoms with van der Waals surface area (Å²) in [6, 6.07) is 6.08. The zero-order chi connectivity index (χ0) is 28.6. The van der Waals surface area contributed by atoms with Crippen LogP contribution in [-0.2, 0) is 35.6 Å². The number of esters is 3. The van der Waals surface area contributed by atoms with Gasteiger partial charge in [0.25, 0.3) is 0 Å². The van der Waals surface area contributed by atoms with E-state index in [0.717, 1.165) is 12.5 Å². The molecule has 0 amide bonds. The molecule has 39 heavy (non-hydrogen) atoms. The Morgan fingerprint density at radius 1 is 1.00 bits per heavy atom. The smallest absolute Gasteiger partial charge is 0.342 e. The van der Waals surface area contributed by atoms with Crippen LogP contribution in [0, 0.1) is 13.8 Å². The van der Waals surface area contributed by atoms with E-state index in [0.29, 0.717) is 0 Å². The number of ether oxygens (including phenoxy) is 4. The van der Waals surface area contributed by atoms with Gasteiger partial charge in [-0.2, -0.15) is 0 Å². The molecule has 0 atom stereocenters. The van der Waals surface area contributed by atoms with Crippen LogP contribution in [0.25, 0.3) is 21.9 Å². The van der Waals surface area contributed by atoms with Crippen molar-refractivity contribution in [2.75, 3.05) is 20.8 Å². The van der Waals surface area contributed by atoms with Crippen LogP contribution < -0.4 is 4.74 Å². The molecule has 0 unspecified atom stereocenters. The molecule has 11 nitrogen and oxygen atoms in total. The quantitative estimate of drug-likeness (QED) is 0.227. The van der Waals surface area contributed by atoms with Gasteiger partial charge in [0.05, 0.1) is 29.7 Å². The molecule has 0 N–H and O–H groups in total. The Balaban J connectivity index is 2.35. The average molecular weight is 558 g/mol. The van der Waals surface area contributed by atoms with Gasteiger partial charge in [0.2, 0.25) is 9.84 Å². The number of hydrogen-bond donors (Lipinski definition) is 0. The minimum absolute atomic E-state index is 0.0373. The zero-order valence-electron chi connectivity index (χ0n) is 22.2. The first kappa shape index (κ1) is 27.9. The molecule has 0 radical (unpaired) electrons. The number of benzene rings is 2. The van der Waals surface area contributed by atoms with Crippen molar-refractivity contribution >= 4 is 49.6 Å². The van der Waals surface area contributed by atoms with Gasteiger partial charge in [0.15, 0.2) is 11.3 Å². The van der Waals surface area contributed by atoms with Crippen molar-refractivity contribution in [3.05, 3.63) is 52.9 Å². The van der Waals surface area contributed by atoms with E-state index in [-0.39, 0.29) is 57.0 Å². The van der Waals surface area contributed by atoms with E-state index in [1.807, 2.05) is 0 Å². The van der Waals surface area contributed by atoms with Gasteiger partial charge in [-0.25, -0.2) is 18.0 Å². The van der Waals surface area contributed by atoms with Gasteiger partial charge < -0.3 is 27.9 Å². The van der Waals surface area contributed by atoms with E-state index in [4.69, 9.17) is 23.4 Å². The van der Waals surface area contributed by atoms with Crippen molar-refractivity contribution in [2.45, 2.75) is 44.2 Å². The number of methoxy groups -OCH3 is 2. The summed E-state index contributed by atoms with van der Waals surface area (Å²) in [5.74, 6) is -2.77. The van der Waals surface area contributed by atoms with Gasteiger partial charge in [-0.1, -0.05) is 17.7 Å². The van der Waals surface area contributed by atoms with Gasteiger partial charge in [-0.15, -0.1) is 0 Å². The summed E-state index contributed by atoms with van der Waals surface area (Å²) in [6.45, 7) is 5.86. The standard InChI is InChI=1S/C27H27NO10S/c1-7-36-27(31)19-15(3)37-23-21(19)20-18(26(30)35-6)12-28(13-34-5)22(20)25(24(23)38-16(4)29)39(32,33)17-10-8-14(2)9-11-17/h8-12H,7,13H2,1-6H3. The number of rotatable bonds is 8. The van der Waals surface area contributed by atoms with Crippen LogP contribution in [0.1, 0.15) is 45.9 Å². The molecule has 4 rings (SSSR count). The third-order valence-electron chi connectivity index (χ3n) is 6.04. The maximum Gasteiger partial charge on any atom is 0.342 e. The summed E-state index contributed by atoms with van der Waals surface area (Å²) in [4.78, 5) is 37.8. The molecule has 0 saturated carbocycles. The van der Waals surface area contributed by atoms with Crippen LogP contribution >= 0.6 is 0 Å². The molecule has 0 saturated heterocycles. The highest BCUT2D eigenvalue weighted by molar-refractivity contribution is 7.91. The number of carbonyl (C=O) groups is 3. The molecule has 0 spiro atoms. The Labute approximate surface area is 224 Å². The molecule has 2 aromatic heterocycles.